The van der Waals surface area contributed by atoms with Crippen LogP contribution in [0.4, 0.5) is 0 Å². The smallest absolute Gasteiger partial charge is 0.272 e. The van der Waals surface area contributed by atoms with Crippen LogP contribution in [0.25, 0.3) is 0 Å². The van der Waals surface area contributed by atoms with E-state index < -0.39 is 40.4 Å². The van der Waals surface area contributed by atoms with Gasteiger partial charge in [-0.15, -0.1) is 0 Å². The molecular formula is C43H44N4O7S. The van der Waals surface area contributed by atoms with E-state index in [0.717, 1.165) is 27.8 Å². The SMILES string of the molecule is Cc1ccc(S(=O)(=O)c2nnnn2C[C@H]2O[C@H](COCc3ccccc3)[C@H](OCc3ccccc3)[C@H](OCc3ccccc3)[C@H]2OCc2ccccc2)cc1. The zero-order valence-electron chi connectivity index (χ0n) is 30.5. The van der Waals surface area contributed by atoms with Crippen molar-refractivity contribution in [3.63, 3.8) is 0 Å². The molecule has 5 atom stereocenters. The van der Waals surface area contributed by atoms with Crippen LogP contribution in [0.3, 0.4) is 0 Å². The molecule has 55 heavy (non-hydrogen) atoms. The van der Waals surface area contributed by atoms with Crippen molar-refractivity contribution in [3.8, 4) is 0 Å². The topological polar surface area (TPSA) is 124 Å². The van der Waals surface area contributed by atoms with Crippen molar-refractivity contribution in [1.29, 1.82) is 0 Å². The number of tetrazole rings is 1. The van der Waals surface area contributed by atoms with Gasteiger partial charge < -0.3 is 23.7 Å². The average Bonchev–Trinajstić information content (AvgIpc) is 3.70. The number of sulfone groups is 1. The average molecular weight is 761 g/mol. The lowest BCUT2D eigenvalue weighted by molar-refractivity contribution is -0.275. The van der Waals surface area contributed by atoms with E-state index in [0.29, 0.717) is 6.61 Å². The lowest BCUT2D eigenvalue weighted by Gasteiger charge is -2.46. The third kappa shape index (κ3) is 9.97. The zero-order chi connectivity index (χ0) is 37.9. The fourth-order valence-electron chi connectivity index (χ4n) is 6.53. The molecule has 5 aromatic carbocycles. The minimum atomic E-state index is -4.08. The summed E-state index contributed by atoms with van der Waals surface area (Å²) in [5, 5.41) is 11.6. The third-order valence-electron chi connectivity index (χ3n) is 9.40. The monoisotopic (exact) mass is 760 g/mol. The molecule has 12 heteroatoms. The second-order valence-corrected chi connectivity index (χ2v) is 15.3. The highest BCUT2D eigenvalue weighted by atomic mass is 32.2. The Kier molecular flexibility index (Phi) is 12.9. The minimum absolute atomic E-state index is 0.0569. The summed E-state index contributed by atoms with van der Waals surface area (Å²) in [6.07, 6.45) is -3.54. The zero-order valence-corrected chi connectivity index (χ0v) is 31.4. The van der Waals surface area contributed by atoms with Crippen molar-refractivity contribution < 1.29 is 32.1 Å². The molecule has 0 saturated carbocycles. The summed E-state index contributed by atoms with van der Waals surface area (Å²) in [6.45, 7) is 3.14. The molecule has 1 aromatic heterocycles. The van der Waals surface area contributed by atoms with Crippen molar-refractivity contribution in [1.82, 2.24) is 20.2 Å². The Morgan fingerprint density at radius 2 is 1.04 bits per heavy atom. The molecule has 0 N–H and O–H groups in total. The molecule has 7 rings (SSSR count). The van der Waals surface area contributed by atoms with E-state index in [-0.39, 0.29) is 43.0 Å². The molecule has 0 bridgehead atoms. The van der Waals surface area contributed by atoms with Crippen LogP contribution in [-0.4, -0.2) is 65.8 Å². The van der Waals surface area contributed by atoms with Gasteiger partial charge in [-0.3, -0.25) is 0 Å². The highest BCUT2D eigenvalue weighted by Gasteiger charge is 2.49. The maximum Gasteiger partial charge on any atom is 0.272 e. The third-order valence-corrected chi connectivity index (χ3v) is 11.1. The van der Waals surface area contributed by atoms with Crippen LogP contribution in [0.2, 0.25) is 0 Å². The molecule has 0 aliphatic carbocycles. The lowest BCUT2D eigenvalue weighted by Crippen LogP contribution is -2.62. The lowest BCUT2D eigenvalue weighted by atomic mass is 9.93. The van der Waals surface area contributed by atoms with Crippen molar-refractivity contribution >= 4 is 9.84 Å². The maximum absolute atomic E-state index is 13.9. The van der Waals surface area contributed by atoms with E-state index >= 15 is 0 Å². The summed E-state index contributed by atoms with van der Waals surface area (Å²) in [6, 6.07) is 46.1. The number of aromatic nitrogens is 4. The molecule has 1 aliphatic heterocycles. The van der Waals surface area contributed by atoms with E-state index in [1.807, 2.05) is 128 Å². The first kappa shape index (κ1) is 38.2. The Morgan fingerprint density at radius 1 is 0.582 bits per heavy atom. The van der Waals surface area contributed by atoms with Crippen LogP contribution in [0.5, 0.6) is 0 Å². The highest BCUT2D eigenvalue weighted by Crippen LogP contribution is 2.32. The molecule has 0 unspecified atom stereocenters. The van der Waals surface area contributed by atoms with Gasteiger partial charge >= 0.3 is 0 Å². The second-order valence-electron chi connectivity index (χ2n) is 13.5. The largest absolute Gasteiger partial charge is 0.374 e. The molecule has 1 saturated heterocycles. The fourth-order valence-corrected chi connectivity index (χ4v) is 7.77. The molecular weight excluding hydrogens is 717 g/mol. The molecule has 1 aliphatic rings. The first-order chi connectivity index (χ1) is 26.9. The quantitative estimate of drug-likeness (QED) is 0.101. The summed E-state index contributed by atoms with van der Waals surface area (Å²) in [4.78, 5) is 0.0845. The molecule has 0 amide bonds. The van der Waals surface area contributed by atoms with Gasteiger partial charge in [-0.05, 0) is 51.7 Å². The van der Waals surface area contributed by atoms with Crippen molar-refractivity contribution in [2.24, 2.45) is 0 Å². The molecule has 0 radical (unpaired) electrons. The van der Waals surface area contributed by atoms with E-state index in [4.69, 9.17) is 23.7 Å². The molecule has 284 valence electrons. The number of rotatable bonds is 17. The van der Waals surface area contributed by atoms with Gasteiger partial charge in [0, 0.05) is 0 Å². The molecule has 1 fully saturated rings. The molecule has 2 heterocycles. The summed E-state index contributed by atoms with van der Waals surface area (Å²) in [7, 11) is -4.08. The Hall–Kier alpha value is -5.08. The van der Waals surface area contributed by atoms with E-state index in [2.05, 4.69) is 15.5 Å². The van der Waals surface area contributed by atoms with Crippen LogP contribution < -0.4 is 0 Å². The van der Waals surface area contributed by atoms with Gasteiger partial charge in [0.05, 0.1) is 44.5 Å². The number of aryl methyl sites for hydroxylation is 1. The van der Waals surface area contributed by atoms with Crippen molar-refractivity contribution in [3.05, 3.63) is 173 Å². The summed E-state index contributed by atoms with van der Waals surface area (Å²) < 4.78 is 62.6. The van der Waals surface area contributed by atoms with E-state index in [9.17, 15) is 8.42 Å². The number of ether oxygens (including phenoxy) is 5. The number of hydrogen-bond acceptors (Lipinski definition) is 10. The van der Waals surface area contributed by atoms with Gasteiger partial charge in [0.15, 0.2) is 0 Å². The molecule has 11 nitrogen and oxygen atoms in total. The Labute approximate surface area is 321 Å². The normalized spacial score (nSPS) is 20.0. The fraction of sp³-hybridized carbons (Fsp3) is 0.279. The summed E-state index contributed by atoms with van der Waals surface area (Å²) in [5.74, 6) is 0. The van der Waals surface area contributed by atoms with Crippen LogP contribution in [0, 0.1) is 6.92 Å². The van der Waals surface area contributed by atoms with Crippen LogP contribution >= 0.6 is 0 Å². The van der Waals surface area contributed by atoms with Gasteiger partial charge in [0.25, 0.3) is 5.16 Å². The highest BCUT2D eigenvalue weighted by molar-refractivity contribution is 7.91. The van der Waals surface area contributed by atoms with Gasteiger partial charge in [0.2, 0.25) is 9.84 Å². The van der Waals surface area contributed by atoms with Gasteiger partial charge in [-0.2, -0.15) is 0 Å². The number of benzene rings is 5. The van der Waals surface area contributed by atoms with Crippen LogP contribution in [-0.2, 0) is 66.5 Å². The predicted molar refractivity (Wildman–Crippen MR) is 204 cm³/mol. The van der Waals surface area contributed by atoms with Gasteiger partial charge in [-0.25, -0.2) is 13.1 Å². The maximum atomic E-state index is 13.9. The number of hydrogen-bond donors (Lipinski definition) is 0. The Balaban J connectivity index is 1.25. The van der Waals surface area contributed by atoms with Gasteiger partial charge in [0.1, 0.15) is 30.5 Å². The first-order valence-electron chi connectivity index (χ1n) is 18.3. The summed E-state index contributed by atoms with van der Waals surface area (Å²) in [5.41, 5.74) is 4.84. The van der Waals surface area contributed by atoms with Crippen LogP contribution in [0.1, 0.15) is 27.8 Å². The van der Waals surface area contributed by atoms with Gasteiger partial charge in [-0.1, -0.05) is 144 Å². The predicted octanol–water partition coefficient (Wildman–Crippen LogP) is 6.55. The number of nitrogens with zero attached hydrogens (tertiary/aromatic N) is 4. The second kappa shape index (κ2) is 18.5. The van der Waals surface area contributed by atoms with Crippen molar-refractivity contribution in [2.45, 2.75) is 80.5 Å². The Morgan fingerprint density at radius 3 is 1.55 bits per heavy atom. The van der Waals surface area contributed by atoms with Crippen LogP contribution in [0.15, 0.2) is 156 Å². The summed E-state index contributed by atoms with van der Waals surface area (Å²) >= 11 is 0. The minimum Gasteiger partial charge on any atom is -0.374 e. The van der Waals surface area contributed by atoms with E-state index in [1.165, 1.54) is 4.68 Å². The van der Waals surface area contributed by atoms with Crippen molar-refractivity contribution in [2.75, 3.05) is 6.61 Å². The van der Waals surface area contributed by atoms with E-state index in [1.54, 1.807) is 24.3 Å². The first-order valence-corrected chi connectivity index (χ1v) is 19.7. The molecule has 6 aromatic rings. The Bertz CT molecular complexity index is 2160. The molecule has 0 spiro atoms. The standard InChI is InChI=1S/C43H44N4O7S/c1-32-22-24-37(25-23-32)55(48,49)43-44-45-46-47(43)26-38-40(51-28-34-16-8-3-9-17-34)42(53-30-36-20-12-5-13-21-36)41(52-29-35-18-10-4-11-19-35)39(54-38)31-50-27-33-14-6-2-7-15-33/h2-25,38-42H,26-31H2,1H3/t38-,39-,40+,41+,42-/m1/s1.